The van der Waals surface area contributed by atoms with Crippen molar-refractivity contribution in [1.29, 1.82) is 0 Å². The minimum Gasteiger partial charge on any atom is -0.508 e. The Morgan fingerprint density at radius 1 is 1.47 bits per heavy atom. The molecule has 4 nitrogen and oxygen atoms in total. The Kier molecular flexibility index (Phi) is 5.49. The average Bonchev–Trinajstić information content (AvgIpc) is 2.29. The number of hydrogen-bond donors (Lipinski definition) is 2. The first-order chi connectivity index (χ1) is 8.13. The molecule has 0 aliphatic rings. The third-order valence-electron chi connectivity index (χ3n) is 2.57. The lowest BCUT2D eigenvalue weighted by atomic mass is 10.2. The van der Waals surface area contributed by atoms with Gasteiger partial charge in [-0.3, -0.25) is 4.79 Å². The van der Waals surface area contributed by atoms with E-state index in [1.165, 1.54) is 0 Å². The quantitative estimate of drug-likeness (QED) is 0.733. The topological polar surface area (TPSA) is 52.6 Å². The van der Waals surface area contributed by atoms with E-state index in [2.05, 4.69) is 5.32 Å². The third-order valence-corrected chi connectivity index (χ3v) is 2.57. The summed E-state index contributed by atoms with van der Waals surface area (Å²) in [4.78, 5) is 13.4. The number of nitrogens with zero attached hydrogens (tertiary/aromatic N) is 1. The summed E-state index contributed by atoms with van der Waals surface area (Å²) in [5, 5.41) is 12.3. The van der Waals surface area contributed by atoms with Crippen molar-refractivity contribution in [3.8, 4) is 5.75 Å². The Hall–Kier alpha value is -1.55. The van der Waals surface area contributed by atoms with Crippen molar-refractivity contribution in [2.75, 3.05) is 20.6 Å². The van der Waals surface area contributed by atoms with Gasteiger partial charge in [0.2, 0.25) is 5.91 Å². The monoisotopic (exact) mass is 236 g/mol. The Bertz CT molecular complexity index is 366. The van der Waals surface area contributed by atoms with Gasteiger partial charge in [-0.1, -0.05) is 12.1 Å². The summed E-state index contributed by atoms with van der Waals surface area (Å²) in [7, 11) is 3.66. The van der Waals surface area contributed by atoms with E-state index in [1.54, 1.807) is 30.1 Å². The van der Waals surface area contributed by atoms with Gasteiger partial charge in [0.25, 0.3) is 0 Å². The fourth-order valence-electron chi connectivity index (χ4n) is 1.62. The molecule has 2 N–H and O–H groups in total. The summed E-state index contributed by atoms with van der Waals surface area (Å²) in [6.07, 6.45) is 1.40. The second-order valence-electron chi connectivity index (χ2n) is 4.13. The fraction of sp³-hybridized carbons (Fsp3) is 0.462. The number of rotatable bonds is 6. The second-order valence-corrected chi connectivity index (χ2v) is 4.13. The lowest BCUT2D eigenvalue weighted by Gasteiger charge is -2.17. The van der Waals surface area contributed by atoms with Crippen LogP contribution in [0, 0.1) is 0 Å². The minimum atomic E-state index is 0.128. The summed E-state index contributed by atoms with van der Waals surface area (Å²) in [6.45, 7) is 1.39. The predicted octanol–water partition coefficient (Wildman–Crippen LogP) is 1.35. The molecule has 0 bridgehead atoms. The maximum absolute atomic E-state index is 11.7. The molecule has 1 rings (SSSR count). The lowest BCUT2D eigenvalue weighted by molar-refractivity contribution is -0.130. The van der Waals surface area contributed by atoms with Crippen molar-refractivity contribution in [3.05, 3.63) is 29.8 Å². The van der Waals surface area contributed by atoms with Gasteiger partial charge in [0.15, 0.2) is 0 Å². The number of carbonyl (C=O) groups excluding carboxylic acids is 1. The first-order valence-corrected chi connectivity index (χ1v) is 5.80. The summed E-state index contributed by atoms with van der Waals surface area (Å²) in [5.41, 5.74) is 0.939. The van der Waals surface area contributed by atoms with E-state index in [-0.39, 0.29) is 11.7 Å². The van der Waals surface area contributed by atoms with E-state index in [4.69, 9.17) is 0 Å². The van der Waals surface area contributed by atoms with Crippen LogP contribution in [0.15, 0.2) is 24.3 Å². The molecular weight excluding hydrogens is 216 g/mol. The number of carbonyl (C=O) groups is 1. The molecule has 0 radical (unpaired) electrons. The molecule has 0 saturated carbocycles. The lowest BCUT2D eigenvalue weighted by Crippen LogP contribution is -2.26. The molecule has 1 amide bonds. The van der Waals surface area contributed by atoms with Crippen LogP contribution in [0.25, 0.3) is 0 Å². The van der Waals surface area contributed by atoms with Gasteiger partial charge in [-0.2, -0.15) is 0 Å². The number of benzene rings is 1. The molecule has 0 unspecified atom stereocenters. The van der Waals surface area contributed by atoms with Crippen LogP contribution in [-0.2, 0) is 11.3 Å². The van der Waals surface area contributed by atoms with E-state index < -0.39 is 0 Å². The zero-order valence-corrected chi connectivity index (χ0v) is 10.4. The highest BCUT2D eigenvalue weighted by Gasteiger charge is 2.08. The number of phenolic OH excluding ortho intramolecular Hbond substituents is 1. The molecule has 0 fully saturated rings. The predicted molar refractivity (Wildman–Crippen MR) is 67.7 cm³/mol. The van der Waals surface area contributed by atoms with Crippen LogP contribution in [-0.4, -0.2) is 36.6 Å². The van der Waals surface area contributed by atoms with Gasteiger partial charge in [-0.05, 0) is 37.7 Å². The molecule has 17 heavy (non-hydrogen) atoms. The molecule has 0 saturated heterocycles. The van der Waals surface area contributed by atoms with Gasteiger partial charge in [0, 0.05) is 20.0 Å². The van der Waals surface area contributed by atoms with Gasteiger partial charge in [-0.15, -0.1) is 0 Å². The van der Waals surface area contributed by atoms with Crippen LogP contribution in [0.2, 0.25) is 0 Å². The summed E-state index contributed by atoms with van der Waals surface area (Å²) in [6, 6.07) is 6.98. The zero-order valence-electron chi connectivity index (χ0n) is 10.4. The highest BCUT2D eigenvalue weighted by molar-refractivity contribution is 5.75. The van der Waals surface area contributed by atoms with Crippen molar-refractivity contribution in [2.24, 2.45) is 0 Å². The maximum Gasteiger partial charge on any atom is 0.222 e. The first kappa shape index (κ1) is 13.5. The van der Waals surface area contributed by atoms with Crippen LogP contribution < -0.4 is 5.32 Å². The smallest absolute Gasteiger partial charge is 0.222 e. The minimum absolute atomic E-state index is 0.128. The van der Waals surface area contributed by atoms with Crippen molar-refractivity contribution < 1.29 is 9.90 Å². The molecule has 0 heterocycles. The van der Waals surface area contributed by atoms with Crippen LogP contribution in [0.3, 0.4) is 0 Å². The standard InChI is InChI=1S/C13H20N2O2/c1-14-8-4-7-13(17)15(2)10-11-5-3-6-12(16)9-11/h3,5-6,9,14,16H,4,7-8,10H2,1-2H3. The summed E-state index contributed by atoms with van der Waals surface area (Å²) in [5.74, 6) is 0.363. The summed E-state index contributed by atoms with van der Waals surface area (Å²) < 4.78 is 0. The van der Waals surface area contributed by atoms with Crippen LogP contribution in [0.4, 0.5) is 0 Å². The molecular formula is C13H20N2O2. The molecule has 0 aromatic heterocycles. The number of nitrogens with one attached hydrogen (secondary N) is 1. The Morgan fingerprint density at radius 2 is 2.24 bits per heavy atom. The van der Waals surface area contributed by atoms with Crippen molar-refractivity contribution in [3.63, 3.8) is 0 Å². The van der Waals surface area contributed by atoms with Gasteiger partial charge in [0.05, 0.1) is 0 Å². The molecule has 0 aliphatic heterocycles. The van der Waals surface area contributed by atoms with Gasteiger partial charge >= 0.3 is 0 Å². The Morgan fingerprint density at radius 3 is 2.88 bits per heavy atom. The van der Waals surface area contributed by atoms with Crippen molar-refractivity contribution in [2.45, 2.75) is 19.4 Å². The van der Waals surface area contributed by atoms with Gasteiger partial charge < -0.3 is 15.3 Å². The Labute approximate surface area is 102 Å². The SMILES string of the molecule is CNCCCC(=O)N(C)Cc1cccc(O)c1. The van der Waals surface area contributed by atoms with Crippen LogP contribution in [0.5, 0.6) is 5.75 Å². The number of amides is 1. The molecule has 0 aliphatic carbocycles. The molecule has 1 aromatic carbocycles. The second kappa shape index (κ2) is 6.91. The van der Waals surface area contributed by atoms with Crippen LogP contribution >= 0.6 is 0 Å². The molecule has 0 atom stereocenters. The highest BCUT2D eigenvalue weighted by atomic mass is 16.3. The largest absolute Gasteiger partial charge is 0.508 e. The number of aromatic hydroxyl groups is 1. The van der Waals surface area contributed by atoms with E-state index in [0.29, 0.717) is 13.0 Å². The van der Waals surface area contributed by atoms with E-state index in [0.717, 1.165) is 18.5 Å². The zero-order chi connectivity index (χ0) is 12.7. The van der Waals surface area contributed by atoms with Crippen LogP contribution in [0.1, 0.15) is 18.4 Å². The first-order valence-electron chi connectivity index (χ1n) is 5.80. The van der Waals surface area contributed by atoms with Gasteiger partial charge in [-0.25, -0.2) is 0 Å². The number of hydrogen-bond acceptors (Lipinski definition) is 3. The molecule has 94 valence electrons. The van der Waals surface area contributed by atoms with E-state index >= 15 is 0 Å². The maximum atomic E-state index is 11.7. The third kappa shape index (κ3) is 4.87. The summed E-state index contributed by atoms with van der Waals surface area (Å²) >= 11 is 0. The van der Waals surface area contributed by atoms with Crippen molar-refractivity contribution in [1.82, 2.24) is 10.2 Å². The normalized spacial score (nSPS) is 10.2. The fourth-order valence-corrected chi connectivity index (χ4v) is 1.62. The molecule has 4 heteroatoms. The van der Waals surface area contributed by atoms with Crippen molar-refractivity contribution >= 4 is 5.91 Å². The van der Waals surface area contributed by atoms with E-state index in [1.807, 2.05) is 13.1 Å². The molecule has 0 spiro atoms. The molecule has 1 aromatic rings. The number of phenols is 1. The van der Waals surface area contributed by atoms with E-state index in [9.17, 15) is 9.90 Å². The highest BCUT2D eigenvalue weighted by Crippen LogP contribution is 2.12. The Balaban J connectivity index is 2.43. The average molecular weight is 236 g/mol. The van der Waals surface area contributed by atoms with Gasteiger partial charge in [0.1, 0.15) is 5.75 Å².